The van der Waals surface area contributed by atoms with Gasteiger partial charge in [0.2, 0.25) is 11.0 Å². The molecule has 1 fully saturated rings. The number of azo groups is 1. The van der Waals surface area contributed by atoms with Gasteiger partial charge in [0.25, 0.3) is 0 Å². The second kappa shape index (κ2) is 13.1. The fourth-order valence-corrected chi connectivity index (χ4v) is 5.98. The van der Waals surface area contributed by atoms with Gasteiger partial charge in [0.05, 0.1) is 29.4 Å². The van der Waals surface area contributed by atoms with Crippen LogP contribution in [0, 0.1) is 0 Å². The Kier molecular flexibility index (Phi) is 9.15. The van der Waals surface area contributed by atoms with E-state index in [4.69, 9.17) is 4.98 Å². The molecule has 5 rings (SSSR count). The average molecular weight is 589 g/mol. The number of carbonyl (C=O) groups is 3. The molecule has 0 saturated carbocycles. The van der Waals surface area contributed by atoms with Crippen LogP contribution in [-0.4, -0.2) is 72.1 Å². The largest absolute Gasteiger partial charge is 0.395 e. The first-order chi connectivity index (χ1) is 20.4. The molecule has 218 valence electrons. The molecule has 12 heteroatoms. The van der Waals surface area contributed by atoms with E-state index in [1.54, 1.807) is 53.4 Å². The van der Waals surface area contributed by atoms with Gasteiger partial charge in [0.1, 0.15) is 11.5 Å². The second-order valence-electron chi connectivity index (χ2n) is 10.0. The van der Waals surface area contributed by atoms with E-state index < -0.39 is 0 Å². The van der Waals surface area contributed by atoms with E-state index in [1.165, 1.54) is 18.3 Å². The highest BCUT2D eigenvalue weighted by atomic mass is 32.1. The number of fused-ring (bicyclic) bond motifs is 1. The van der Waals surface area contributed by atoms with Crippen molar-refractivity contribution in [2.24, 2.45) is 10.2 Å². The van der Waals surface area contributed by atoms with Gasteiger partial charge >= 0.3 is 0 Å². The van der Waals surface area contributed by atoms with Crippen molar-refractivity contribution in [3.8, 4) is 0 Å². The smallest absolute Gasteiger partial charge is 0.232 e. The maximum atomic E-state index is 13.1. The Hall–Kier alpha value is -4.26. The van der Waals surface area contributed by atoms with Gasteiger partial charge in [-0.25, -0.2) is 0 Å². The van der Waals surface area contributed by atoms with Gasteiger partial charge < -0.3 is 25.3 Å². The molecule has 42 heavy (non-hydrogen) atoms. The monoisotopic (exact) mass is 588 g/mol. The zero-order valence-electron chi connectivity index (χ0n) is 23.2. The van der Waals surface area contributed by atoms with Crippen LogP contribution in [0.5, 0.6) is 0 Å². The Bertz CT molecular complexity index is 1520. The molecule has 0 bridgehead atoms. The summed E-state index contributed by atoms with van der Waals surface area (Å²) in [7, 11) is 0. The minimum absolute atomic E-state index is 0.0951. The second-order valence-corrected chi connectivity index (χ2v) is 11.0. The highest BCUT2D eigenvalue weighted by Gasteiger charge is 2.33. The number of aromatic nitrogens is 1. The molecule has 0 radical (unpaired) electrons. The van der Waals surface area contributed by atoms with E-state index in [-0.39, 0.29) is 36.3 Å². The van der Waals surface area contributed by atoms with Crippen molar-refractivity contribution in [2.75, 3.05) is 54.5 Å². The number of benzene rings is 2. The summed E-state index contributed by atoms with van der Waals surface area (Å²) in [6.45, 7) is 3.45. The number of amides is 1. The summed E-state index contributed by atoms with van der Waals surface area (Å²) in [5.41, 5.74) is 2.43. The van der Waals surface area contributed by atoms with Crippen LogP contribution in [0.1, 0.15) is 51.8 Å². The van der Waals surface area contributed by atoms with Crippen LogP contribution in [0.4, 0.5) is 28.0 Å². The van der Waals surface area contributed by atoms with Crippen LogP contribution in [0.25, 0.3) is 6.08 Å². The lowest BCUT2D eigenvalue weighted by Crippen LogP contribution is -2.30. The molecule has 3 N–H and O–H groups in total. The SMILES string of the molecule is CC(=O)Nc1cc(N(CCO)CCO)ccc1N=Nc1nc(N2CCCCC2)c(C=C2C(=O)c3ccccc3C2=O)s1. The Balaban J connectivity index is 1.49. The zero-order valence-corrected chi connectivity index (χ0v) is 24.1. The van der Waals surface area contributed by atoms with Crippen LogP contribution >= 0.6 is 11.3 Å². The molecule has 2 aliphatic rings. The summed E-state index contributed by atoms with van der Waals surface area (Å²) in [6.07, 6.45) is 4.79. The molecule has 0 atom stereocenters. The van der Waals surface area contributed by atoms with E-state index in [0.29, 0.717) is 57.1 Å². The molecule has 2 heterocycles. The van der Waals surface area contributed by atoms with E-state index in [9.17, 15) is 24.6 Å². The average Bonchev–Trinajstić information content (AvgIpc) is 3.51. The van der Waals surface area contributed by atoms with Crippen molar-refractivity contribution < 1.29 is 24.6 Å². The molecule has 1 amide bonds. The van der Waals surface area contributed by atoms with Crippen LogP contribution in [-0.2, 0) is 4.79 Å². The standard InChI is InChI=1S/C30H32N6O5S/c1-19(39)31-25-17-20(35(13-15-37)14-16-38)9-10-24(25)33-34-30-32-29(36-11-5-2-6-12-36)26(42-30)18-23-27(40)21-7-3-4-8-22(21)28(23)41/h3-4,7-10,17-18,37-38H,2,5-6,11-16H2,1H3,(H,31,39). The van der Waals surface area contributed by atoms with Crippen molar-refractivity contribution in [3.63, 3.8) is 0 Å². The fraction of sp³-hybridized carbons (Fsp3) is 0.333. The molecular formula is C30H32N6O5S. The molecule has 2 aromatic carbocycles. The number of allylic oxidation sites excluding steroid dienone is 1. The molecule has 1 aliphatic carbocycles. The molecule has 0 unspecified atom stereocenters. The van der Waals surface area contributed by atoms with Gasteiger partial charge in [0.15, 0.2) is 11.6 Å². The summed E-state index contributed by atoms with van der Waals surface area (Å²) in [4.78, 5) is 47.4. The third-order valence-corrected chi connectivity index (χ3v) is 7.97. The number of aliphatic hydroxyl groups is 2. The fourth-order valence-electron chi connectivity index (χ4n) is 5.12. The number of anilines is 3. The van der Waals surface area contributed by atoms with Crippen molar-refractivity contribution in [2.45, 2.75) is 26.2 Å². The van der Waals surface area contributed by atoms with Gasteiger partial charge in [-0.15, -0.1) is 10.2 Å². The summed E-state index contributed by atoms with van der Waals surface area (Å²) in [5.74, 6) is -0.220. The number of ketones is 2. The molecule has 1 aliphatic heterocycles. The summed E-state index contributed by atoms with van der Waals surface area (Å²) >= 11 is 1.24. The van der Waals surface area contributed by atoms with E-state index in [1.807, 2.05) is 0 Å². The zero-order chi connectivity index (χ0) is 29.6. The number of nitrogens with one attached hydrogen (secondary N) is 1. The number of rotatable bonds is 10. The first-order valence-electron chi connectivity index (χ1n) is 13.9. The predicted molar refractivity (Wildman–Crippen MR) is 163 cm³/mol. The highest BCUT2D eigenvalue weighted by molar-refractivity contribution is 7.16. The molecular weight excluding hydrogens is 556 g/mol. The highest BCUT2D eigenvalue weighted by Crippen LogP contribution is 2.39. The molecule has 3 aromatic rings. The van der Waals surface area contributed by atoms with Crippen LogP contribution in [0.3, 0.4) is 0 Å². The Labute approximate surface area is 247 Å². The number of nitrogens with zero attached hydrogens (tertiary/aromatic N) is 5. The molecule has 11 nitrogen and oxygen atoms in total. The maximum absolute atomic E-state index is 13.1. The third-order valence-electron chi connectivity index (χ3n) is 7.10. The van der Waals surface area contributed by atoms with Crippen LogP contribution in [0.2, 0.25) is 0 Å². The van der Waals surface area contributed by atoms with Crippen molar-refractivity contribution >= 4 is 62.9 Å². The third kappa shape index (κ3) is 6.30. The quantitative estimate of drug-likeness (QED) is 0.174. The first kappa shape index (κ1) is 29.2. The number of aliphatic hydroxyl groups excluding tert-OH is 2. The summed E-state index contributed by atoms with van der Waals surface area (Å²) in [5, 5.41) is 30.7. The van der Waals surface area contributed by atoms with E-state index >= 15 is 0 Å². The number of hydrogen-bond donors (Lipinski definition) is 3. The lowest BCUT2D eigenvalue weighted by atomic mass is 10.1. The number of thiazole rings is 1. The van der Waals surface area contributed by atoms with Gasteiger partial charge in [-0.3, -0.25) is 14.4 Å². The van der Waals surface area contributed by atoms with Gasteiger partial charge in [-0.1, -0.05) is 35.6 Å². The first-order valence-corrected chi connectivity index (χ1v) is 14.7. The molecule has 1 aromatic heterocycles. The van der Waals surface area contributed by atoms with E-state index in [0.717, 1.165) is 32.4 Å². The Morgan fingerprint density at radius 3 is 2.31 bits per heavy atom. The van der Waals surface area contributed by atoms with Gasteiger partial charge in [-0.2, -0.15) is 4.98 Å². The van der Waals surface area contributed by atoms with Crippen molar-refractivity contribution in [1.82, 2.24) is 4.98 Å². The topological polar surface area (TPSA) is 148 Å². The van der Waals surface area contributed by atoms with E-state index in [2.05, 4.69) is 20.4 Å². The number of hydrogen-bond acceptors (Lipinski definition) is 11. The van der Waals surface area contributed by atoms with Crippen molar-refractivity contribution in [1.29, 1.82) is 0 Å². The molecule has 0 spiro atoms. The lowest BCUT2D eigenvalue weighted by Gasteiger charge is -2.27. The minimum atomic E-state index is -0.298. The summed E-state index contributed by atoms with van der Waals surface area (Å²) in [6, 6.07) is 12.0. The van der Waals surface area contributed by atoms with Crippen molar-refractivity contribution in [3.05, 3.63) is 64.0 Å². The maximum Gasteiger partial charge on any atom is 0.232 e. The van der Waals surface area contributed by atoms with Gasteiger partial charge in [0, 0.05) is 49.9 Å². The Morgan fingerprint density at radius 1 is 1.02 bits per heavy atom. The van der Waals surface area contributed by atoms with Crippen LogP contribution < -0.4 is 15.1 Å². The minimum Gasteiger partial charge on any atom is -0.395 e. The van der Waals surface area contributed by atoms with Crippen LogP contribution in [0.15, 0.2) is 58.3 Å². The Morgan fingerprint density at radius 2 is 1.69 bits per heavy atom. The molecule has 1 saturated heterocycles. The number of Topliss-reactive ketones (excluding diaryl/α,β-unsaturated/α-hetero) is 2. The predicted octanol–water partition coefficient (Wildman–Crippen LogP) is 4.76. The normalized spacial score (nSPS) is 14.9. The lowest BCUT2D eigenvalue weighted by molar-refractivity contribution is -0.114. The van der Waals surface area contributed by atoms with Gasteiger partial charge in [-0.05, 0) is 43.5 Å². The summed E-state index contributed by atoms with van der Waals surface area (Å²) < 4.78 is 0. The number of piperidine rings is 1. The number of carbonyl (C=O) groups excluding carboxylic acids is 3.